The van der Waals surface area contributed by atoms with Gasteiger partial charge in [-0.3, -0.25) is 9.59 Å². The second kappa shape index (κ2) is 7.43. The van der Waals surface area contributed by atoms with Crippen molar-refractivity contribution in [1.29, 1.82) is 0 Å². The molecule has 3 atom stereocenters. The van der Waals surface area contributed by atoms with E-state index < -0.39 is 29.0 Å². The van der Waals surface area contributed by atoms with Crippen molar-refractivity contribution in [2.75, 3.05) is 11.9 Å². The molecule has 1 heterocycles. The van der Waals surface area contributed by atoms with Crippen LogP contribution in [0.2, 0.25) is 0 Å². The Labute approximate surface area is 143 Å². The first-order chi connectivity index (χ1) is 12.0. The van der Waals surface area contributed by atoms with Gasteiger partial charge in [0, 0.05) is 6.04 Å². The fourth-order valence-electron chi connectivity index (χ4n) is 3.63. The second-order valence-corrected chi connectivity index (χ2v) is 6.59. The number of carbonyl (C=O) groups is 2. The second-order valence-electron chi connectivity index (χ2n) is 6.59. The highest BCUT2D eigenvalue weighted by Gasteiger charge is 2.38. The Bertz CT molecular complexity index is 669. The Morgan fingerprint density at radius 1 is 1.12 bits per heavy atom. The van der Waals surface area contributed by atoms with Gasteiger partial charge in [-0.1, -0.05) is 12.8 Å². The number of carbonyl (C=O) groups excluding carboxylic acids is 2. The number of anilines is 1. The minimum atomic E-state index is -1.65. The molecule has 2 amide bonds. The summed E-state index contributed by atoms with van der Waals surface area (Å²) in [5, 5.41) is 7.91. The van der Waals surface area contributed by atoms with Crippen LogP contribution in [-0.4, -0.2) is 30.4 Å². The van der Waals surface area contributed by atoms with Crippen LogP contribution < -0.4 is 16.0 Å². The molecule has 3 rings (SSSR count). The SMILES string of the molecule is O=C(CNC(=O)C1CC2CCCCC2N1)Nc1ccc(F)c(F)c1F. The van der Waals surface area contributed by atoms with E-state index in [1.54, 1.807) is 0 Å². The van der Waals surface area contributed by atoms with E-state index in [2.05, 4.69) is 16.0 Å². The van der Waals surface area contributed by atoms with Crippen LogP contribution >= 0.6 is 0 Å². The standard InChI is InChI=1S/C17H20F3N3O2/c18-10-5-6-12(16(20)15(10)19)23-14(24)8-21-17(25)13-7-9-3-1-2-4-11(9)22-13/h5-6,9,11,13,22H,1-4,7-8H2,(H,21,25)(H,23,24). The molecule has 3 unspecified atom stereocenters. The predicted molar refractivity (Wildman–Crippen MR) is 85.2 cm³/mol. The van der Waals surface area contributed by atoms with Crippen molar-refractivity contribution in [3.05, 3.63) is 29.6 Å². The smallest absolute Gasteiger partial charge is 0.243 e. The molecule has 1 aliphatic heterocycles. The van der Waals surface area contributed by atoms with E-state index in [0.717, 1.165) is 37.8 Å². The summed E-state index contributed by atoms with van der Waals surface area (Å²) >= 11 is 0. The van der Waals surface area contributed by atoms with Gasteiger partial charge in [0.1, 0.15) is 0 Å². The minimum Gasteiger partial charge on any atom is -0.346 e. The van der Waals surface area contributed by atoms with E-state index in [4.69, 9.17) is 0 Å². The maximum Gasteiger partial charge on any atom is 0.243 e. The number of nitrogens with one attached hydrogen (secondary N) is 3. The Morgan fingerprint density at radius 2 is 1.88 bits per heavy atom. The molecular weight excluding hydrogens is 335 g/mol. The van der Waals surface area contributed by atoms with Gasteiger partial charge in [0.2, 0.25) is 11.8 Å². The van der Waals surface area contributed by atoms with Crippen molar-refractivity contribution >= 4 is 17.5 Å². The molecule has 2 fully saturated rings. The van der Waals surface area contributed by atoms with E-state index in [1.807, 2.05) is 0 Å². The summed E-state index contributed by atoms with van der Waals surface area (Å²) in [6, 6.07) is 1.67. The predicted octanol–water partition coefficient (Wildman–Crippen LogP) is 2.08. The summed E-state index contributed by atoms with van der Waals surface area (Å²) < 4.78 is 39.5. The molecule has 25 heavy (non-hydrogen) atoms. The maximum absolute atomic E-state index is 13.5. The van der Waals surface area contributed by atoms with E-state index >= 15 is 0 Å². The van der Waals surface area contributed by atoms with Crippen molar-refractivity contribution in [2.45, 2.75) is 44.2 Å². The maximum atomic E-state index is 13.5. The Morgan fingerprint density at radius 3 is 2.64 bits per heavy atom. The van der Waals surface area contributed by atoms with Gasteiger partial charge < -0.3 is 16.0 Å². The molecule has 8 heteroatoms. The van der Waals surface area contributed by atoms with Crippen molar-refractivity contribution in [3.63, 3.8) is 0 Å². The topological polar surface area (TPSA) is 70.2 Å². The first-order valence-corrected chi connectivity index (χ1v) is 8.43. The minimum absolute atomic E-state index is 0.282. The highest BCUT2D eigenvalue weighted by atomic mass is 19.2. The molecule has 136 valence electrons. The molecule has 1 saturated heterocycles. The Balaban J connectivity index is 1.49. The Hall–Kier alpha value is -2.09. The number of fused-ring (bicyclic) bond motifs is 1. The van der Waals surface area contributed by atoms with Gasteiger partial charge in [-0.2, -0.15) is 0 Å². The van der Waals surface area contributed by atoms with Crippen LogP contribution in [0.3, 0.4) is 0 Å². The summed E-state index contributed by atoms with van der Waals surface area (Å²) in [6.07, 6.45) is 5.25. The van der Waals surface area contributed by atoms with Crippen LogP contribution in [0.1, 0.15) is 32.1 Å². The molecule has 5 nitrogen and oxygen atoms in total. The highest BCUT2D eigenvalue weighted by Crippen LogP contribution is 2.33. The lowest BCUT2D eigenvalue weighted by molar-refractivity contribution is -0.125. The van der Waals surface area contributed by atoms with E-state index in [1.165, 1.54) is 6.42 Å². The monoisotopic (exact) mass is 355 g/mol. The van der Waals surface area contributed by atoms with Crippen molar-refractivity contribution < 1.29 is 22.8 Å². The van der Waals surface area contributed by atoms with Gasteiger partial charge in [-0.05, 0) is 37.3 Å². The summed E-state index contributed by atoms with van der Waals surface area (Å²) in [5.41, 5.74) is -0.469. The summed E-state index contributed by atoms with van der Waals surface area (Å²) in [4.78, 5) is 24.0. The molecule has 0 aromatic heterocycles. The first-order valence-electron chi connectivity index (χ1n) is 8.43. The van der Waals surface area contributed by atoms with Gasteiger partial charge >= 0.3 is 0 Å². The molecule has 1 aliphatic carbocycles. The fourth-order valence-corrected chi connectivity index (χ4v) is 3.63. The summed E-state index contributed by atoms with van der Waals surface area (Å²) in [6.45, 7) is -0.370. The lowest BCUT2D eigenvalue weighted by Crippen LogP contribution is -2.45. The zero-order valence-electron chi connectivity index (χ0n) is 13.6. The summed E-state index contributed by atoms with van der Waals surface area (Å²) in [7, 11) is 0. The third-order valence-electron chi connectivity index (χ3n) is 4.91. The van der Waals surface area contributed by atoms with Crippen LogP contribution in [0.4, 0.5) is 18.9 Å². The zero-order valence-corrected chi connectivity index (χ0v) is 13.6. The van der Waals surface area contributed by atoms with Gasteiger partial charge in [0.05, 0.1) is 18.3 Å². The van der Waals surface area contributed by atoms with E-state index in [-0.39, 0.29) is 18.5 Å². The number of rotatable bonds is 4. The molecule has 1 aromatic carbocycles. The van der Waals surface area contributed by atoms with Crippen molar-refractivity contribution in [1.82, 2.24) is 10.6 Å². The molecule has 0 spiro atoms. The number of hydrogen-bond donors (Lipinski definition) is 3. The third-order valence-corrected chi connectivity index (χ3v) is 4.91. The molecule has 3 N–H and O–H groups in total. The molecule has 2 aliphatic rings. The van der Waals surface area contributed by atoms with Crippen LogP contribution in [0, 0.1) is 23.4 Å². The molecule has 0 radical (unpaired) electrons. The first kappa shape index (κ1) is 17.7. The van der Waals surface area contributed by atoms with Crippen LogP contribution in [0.5, 0.6) is 0 Å². The van der Waals surface area contributed by atoms with Gasteiger partial charge in [-0.25, -0.2) is 13.2 Å². The number of halogens is 3. The van der Waals surface area contributed by atoms with Crippen LogP contribution in [0.15, 0.2) is 12.1 Å². The highest BCUT2D eigenvalue weighted by molar-refractivity contribution is 5.95. The lowest BCUT2D eigenvalue weighted by Gasteiger charge is -2.24. The zero-order chi connectivity index (χ0) is 18.0. The van der Waals surface area contributed by atoms with Gasteiger partial charge in [-0.15, -0.1) is 0 Å². The normalized spacial score (nSPS) is 25.3. The van der Waals surface area contributed by atoms with Gasteiger partial charge in [0.25, 0.3) is 0 Å². The van der Waals surface area contributed by atoms with Gasteiger partial charge in [0.15, 0.2) is 17.5 Å². The number of hydrogen-bond acceptors (Lipinski definition) is 3. The molecule has 0 bridgehead atoms. The molecular formula is C17H20F3N3O2. The molecule has 1 saturated carbocycles. The van der Waals surface area contributed by atoms with E-state index in [9.17, 15) is 22.8 Å². The third kappa shape index (κ3) is 3.95. The summed E-state index contributed by atoms with van der Waals surface area (Å²) in [5.74, 6) is -4.96. The molecule has 1 aromatic rings. The van der Waals surface area contributed by atoms with Crippen molar-refractivity contribution in [2.24, 2.45) is 5.92 Å². The largest absolute Gasteiger partial charge is 0.346 e. The van der Waals surface area contributed by atoms with Crippen molar-refractivity contribution in [3.8, 4) is 0 Å². The lowest BCUT2D eigenvalue weighted by atomic mass is 9.85. The number of benzene rings is 1. The quantitative estimate of drug-likeness (QED) is 0.725. The fraction of sp³-hybridized carbons (Fsp3) is 0.529. The average molecular weight is 355 g/mol. The Kier molecular flexibility index (Phi) is 5.27. The van der Waals surface area contributed by atoms with Crippen LogP contribution in [0.25, 0.3) is 0 Å². The van der Waals surface area contributed by atoms with E-state index in [0.29, 0.717) is 12.0 Å². The average Bonchev–Trinajstić information content (AvgIpc) is 3.04. The van der Waals surface area contributed by atoms with Crippen LogP contribution in [-0.2, 0) is 9.59 Å². The number of amides is 2.